The van der Waals surface area contributed by atoms with Crippen molar-refractivity contribution in [1.82, 2.24) is 15.2 Å². The Hall–Kier alpha value is -1.16. The van der Waals surface area contributed by atoms with E-state index in [0.29, 0.717) is 0 Å². The van der Waals surface area contributed by atoms with Crippen molar-refractivity contribution in [3.8, 4) is 0 Å². The SMILES string of the molecule is CCCCNC(=S)N(C)Cc1cccnc1. The molecule has 0 spiro atoms. The van der Waals surface area contributed by atoms with Crippen LogP contribution in [0.5, 0.6) is 0 Å². The van der Waals surface area contributed by atoms with Crippen molar-refractivity contribution in [2.75, 3.05) is 13.6 Å². The average Bonchev–Trinajstić information content (AvgIpc) is 2.30. The van der Waals surface area contributed by atoms with Crippen LogP contribution in [-0.4, -0.2) is 28.6 Å². The van der Waals surface area contributed by atoms with Crippen molar-refractivity contribution >= 4 is 17.3 Å². The molecule has 0 amide bonds. The molecule has 0 unspecified atom stereocenters. The minimum absolute atomic E-state index is 0.797. The molecule has 1 rings (SSSR count). The Balaban J connectivity index is 2.34. The van der Waals surface area contributed by atoms with Gasteiger partial charge in [-0.1, -0.05) is 19.4 Å². The summed E-state index contributed by atoms with van der Waals surface area (Å²) in [4.78, 5) is 6.11. The maximum Gasteiger partial charge on any atom is 0.168 e. The first-order chi connectivity index (χ1) is 7.74. The lowest BCUT2D eigenvalue weighted by Gasteiger charge is -2.20. The smallest absolute Gasteiger partial charge is 0.168 e. The van der Waals surface area contributed by atoms with Gasteiger partial charge in [-0.2, -0.15) is 0 Å². The molecule has 3 nitrogen and oxygen atoms in total. The quantitative estimate of drug-likeness (QED) is 0.627. The first-order valence-electron chi connectivity index (χ1n) is 5.62. The standard InChI is InChI=1S/C12H19N3S/c1-3-4-8-14-12(16)15(2)10-11-6-5-7-13-9-11/h5-7,9H,3-4,8,10H2,1-2H3,(H,14,16). The van der Waals surface area contributed by atoms with E-state index in [1.165, 1.54) is 12.0 Å². The Morgan fingerprint density at radius 3 is 3.00 bits per heavy atom. The van der Waals surface area contributed by atoms with Crippen LogP contribution in [0.4, 0.5) is 0 Å². The fourth-order valence-corrected chi connectivity index (χ4v) is 1.51. The van der Waals surface area contributed by atoms with Crippen LogP contribution in [0.2, 0.25) is 0 Å². The van der Waals surface area contributed by atoms with E-state index in [9.17, 15) is 0 Å². The highest BCUT2D eigenvalue weighted by Gasteiger charge is 2.03. The molecule has 1 aromatic rings. The van der Waals surface area contributed by atoms with Crippen LogP contribution < -0.4 is 5.32 Å². The van der Waals surface area contributed by atoms with Gasteiger partial charge in [0.1, 0.15) is 0 Å². The topological polar surface area (TPSA) is 28.2 Å². The molecule has 16 heavy (non-hydrogen) atoms. The molecule has 0 fully saturated rings. The van der Waals surface area contributed by atoms with Gasteiger partial charge in [-0.3, -0.25) is 4.98 Å². The number of nitrogens with one attached hydrogen (secondary N) is 1. The van der Waals surface area contributed by atoms with E-state index >= 15 is 0 Å². The Kier molecular flexibility index (Phi) is 5.78. The monoisotopic (exact) mass is 237 g/mol. The van der Waals surface area contributed by atoms with Crippen LogP contribution in [0.15, 0.2) is 24.5 Å². The Morgan fingerprint density at radius 1 is 1.56 bits per heavy atom. The van der Waals surface area contributed by atoms with Gasteiger partial charge in [-0.05, 0) is 30.3 Å². The largest absolute Gasteiger partial charge is 0.363 e. The molecule has 0 bridgehead atoms. The zero-order chi connectivity index (χ0) is 11.8. The highest BCUT2D eigenvalue weighted by Crippen LogP contribution is 2.00. The maximum absolute atomic E-state index is 5.28. The van der Waals surface area contributed by atoms with Crippen molar-refractivity contribution in [2.45, 2.75) is 26.3 Å². The highest BCUT2D eigenvalue weighted by molar-refractivity contribution is 7.80. The fourth-order valence-electron chi connectivity index (χ4n) is 1.34. The highest BCUT2D eigenvalue weighted by atomic mass is 32.1. The van der Waals surface area contributed by atoms with Gasteiger partial charge in [-0.25, -0.2) is 0 Å². The van der Waals surface area contributed by atoms with Gasteiger partial charge in [0.25, 0.3) is 0 Å². The summed E-state index contributed by atoms with van der Waals surface area (Å²) in [6.07, 6.45) is 5.98. The lowest BCUT2D eigenvalue weighted by molar-refractivity contribution is 0.487. The second-order valence-corrected chi connectivity index (χ2v) is 4.19. The van der Waals surface area contributed by atoms with Crippen molar-refractivity contribution in [1.29, 1.82) is 0 Å². The molecule has 0 aliphatic rings. The normalized spacial score (nSPS) is 9.88. The Bertz CT molecular complexity index is 313. The summed E-state index contributed by atoms with van der Waals surface area (Å²) in [5.41, 5.74) is 1.17. The second-order valence-electron chi connectivity index (χ2n) is 3.80. The number of hydrogen-bond acceptors (Lipinski definition) is 2. The van der Waals surface area contributed by atoms with Gasteiger partial charge in [-0.15, -0.1) is 0 Å². The number of thiocarbonyl (C=S) groups is 1. The molecule has 4 heteroatoms. The lowest BCUT2D eigenvalue weighted by atomic mass is 10.3. The van der Waals surface area contributed by atoms with E-state index in [2.05, 4.69) is 23.3 Å². The molecule has 88 valence electrons. The second kappa shape index (κ2) is 7.17. The van der Waals surface area contributed by atoms with Crippen molar-refractivity contribution in [3.63, 3.8) is 0 Å². The molecule has 1 heterocycles. The summed E-state index contributed by atoms with van der Waals surface area (Å²) in [5.74, 6) is 0. The number of pyridine rings is 1. The van der Waals surface area contributed by atoms with Gasteiger partial charge >= 0.3 is 0 Å². The summed E-state index contributed by atoms with van der Waals surface area (Å²) >= 11 is 5.28. The van der Waals surface area contributed by atoms with Gasteiger partial charge in [0.05, 0.1) is 0 Å². The predicted octanol–water partition coefficient (Wildman–Crippen LogP) is 2.19. The summed E-state index contributed by atoms with van der Waals surface area (Å²) in [5, 5.41) is 4.04. The predicted molar refractivity (Wildman–Crippen MR) is 71.2 cm³/mol. The molecule has 0 aromatic carbocycles. The molecule has 0 saturated heterocycles. The molecule has 1 aromatic heterocycles. The molecule has 0 atom stereocenters. The van der Waals surface area contributed by atoms with Gasteiger partial charge in [0.2, 0.25) is 0 Å². The van der Waals surface area contributed by atoms with Crippen LogP contribution in [0.1, 0.15) is 25.3 Å². The maximum atomic E-state index is 5.28. The van der Waals surface area contributed by atoms with Gasteiger partial charge in [0, 0.05) is 32.5 Å². The number of rotatable bonds is 5. The van der Waals surface area contributed by atoms with Crippen molar-refractivity contribution in [2.24, 2.45) is 0 Å². The Labute approximate surface area is 103 Å². The summed E-state index contributed by atoms with van der Waals surface area (Å²) in [6.45, 7) is 3.92. The van der Waals surface area contributed by atoms with Gasteiger partial charge < -0.3 is 10.2 Å². The zero-order valence-electron chi connectivity index (χ0n) is 9.94. The first kappa shape index (κ1) is 12.9. The van der Waals surface area contributed by atoms with Crippen LogP contribution in [-0.2, 0) is 6.54 Å². The van der Waals surface area contributed by atoms with E-state index in [4.69, 9.17) is 12.2 Å². The lowest BCUT2D eigenvalue weighted by Crippen LogP contribution is -2.36. The summed E-state index contributed by atoms with van der Waals surface area (Å²) in [7, 11) is 1.99. The molecular formula is C12H19N3S. The third-order valence-electron chi connectivity index (χ3n) is 2.30. The molecule has 1 N–H and O–H groups in total. The first-order valence-corrected chi connectivity index (χ1v) is 6.02. The van der Waals surface area contributed by atoms with Gasteiger partial charge in [0.15, 0.2) is 5.11 Å². The third-order valence-corrected chi connectivity index (χ3v) is 2.75. The molecule has 0 saturated carbocycles. The van der Waals surface area contributed by atoms with Crippen LogP contribution in [0.25, 0.3) is 0 Å². The number of unbranched alkanes of at least 4 members (excludes halogenated alkanes) is 1. The van der Waals surface area contributed by atoms with Crippen molar-refractivity contribution < 1.29 is 0 Å². The van der Waals surface area contributed by atoms with Crippen LogP contribution in [0, 0.1) is 0 Å². The number of aromatic nitrogens is 1. The Morgan fingerprint density at radius 2 is 2.38 bits per heavy atom. The van der Waals surface area contributed by atoms with Crippen LogP contribution in [0.3, 0.4) is 0 Å². The molecule has 0 aliphatic heterocycles. The van der Waals surface area contributed by atoms with E-state index < -0.39 is 0 Å². The molecular weight excluding hydrogens is 218 g/mol. The van der Waals surface area contributed by atoms with E-state index in [0.717, 1.165) is 24.6 Å². The average molecular weight is 237 g/mol. The summed E-state index contributed by atoms with van der Waals surface area (Å²) in [6, 6.07) is 3.99. The minimum atomic E-state index is 0.797. The molecule has 0 radical (unpaired) electrons. The number of hydrogen-bond donors (Lipinski definition) is 1. The van der Waals surface area contributed by atoms with Crippen molar-refractivity contribution in [3.05, 3.63) is 30.1 Å². The van der Waals surface area contributed by atoms with E-state index in [1.54, 1.807) is 6.20 Å². The third kappa shape index (κ3) is 4.57. The van der Waals surface area contributed by atoms with E-state index in [-0.39, 0.29) is 0 Å². The minimum Gasteiger partial charge on any atom is -0.363 e. The fraction of sp³-hybridized carbons (Fsp3) is 0.500. The zero-order valence-corrected chi connectivity index (χ0v) is 10.8. The summed E-state index contributed by atoms with van der Waals surface area (Å²) < 4.78 is 0. The van der Waals surface area contributed by atoms with E-state index in [1.807, 2.05) is 24.2 Å². The van der Waals surface area contributed by atoms with Crippen LogP contribution >= 0.6 is 12.2 Å². The number of nitrogens with zero attached hydrogens (tertiary/aromatic N) is 2. The molecule has 0 aliphatic carbocycles.